The highest BCUT2D eigenvalue weighted by Crippen LogP contribution is 2.24. The molecule has 0 bridgehead atoms. The summed E-state index contributed by atoms with van der Waals surface area (Å²) in [6.07, 6.45) is 5.72. The third-order valence-corrected chi connectivity index (χ3v) is 4.29. The standard InChI is InChI=1S/C16H30N2O3/c1-11(2)8-12(10-17)9-15(19)18-14-7-5-3-4-6-13(14)16(20)21/h11-14H,3-10,17H2,1-2H3,(H,18,19)(H,20,21)/t12-,13?,14?/m0/s1. The summed E-state index contributed by atoms with van der Waals surface area (Å²) < 4.78 is 0. The van der Waals surface area contributed by atoms with Gasteiger partial charge in [0.2, 0.25) is 5.91 Å². The topological polar surface area (TPSA) is 92.4 Å². The largest absolute Gasteiger partial charge is 0.481 e. The molecule has 5 heteroatoms. The normalized spacial score (nSPS) is 24.4. The summed E-state index contributed by atoms with van der Waals surface area (Å²) in [6, 6.07) is -0.227. The van der Waals surface area contributed by atoms with E-state index in [1.165, 1.54) is 0 Å². The van der Waals surface area contributed by atoms with Crippen molar-refractivity contribution in [2.24, 2.45) is 23.5 Å². The average molecular weight is 298 g/mol. The van der Waals surface area contributed by atoms with Gasteiger partial charge < -0.3 is 16.2 Å². The Kier molecular flexibility index (Phi) is 7.72. The van der Waals surface area contributed by atoms with Crippen LogP contribution in [0.25, 0.3) is 0 Å². The van der Waals surface area contributed by atoms with Gasteiger partial charge in [-0.3, -0.25) is 9.59 Å². The van der Waals surface area contributed by atoms with Crippen molar-refractivity contribution in [1.82, 2.24) is 5.32 Å². The fraction of sp³-hybridized carbons (Fsp3) is 0.875. The summed E-state index contributed by atoms with van der Waals surface area (Å²) in [7, 11) is 0. The van der Waals surface area contributed by atoms with Crippen molar-refractivity contribution in [1.29, 1.82) is 0 Å². The summed E-state index contributed by atoms with van der Waals surface area (Å²) in [5.74, 6) is -0.600. The van der Waals surface area contributed by atoms with Crippen LogP contribution in [-0.2, 0) is 9.59 Å². The van der Waals surface area contributed by atoms with E-state index in [0.29, 0.717) is 25.3 Å². The summed E-state index contributed by atoms with van der Waals surface area (Å²) in [6.45, 7) is 4.73. The number of carboxylic acid groups (broad SMARTS) is 1. The van der Waals surface area contributed by atoms with Crippen LogP contribution in [0, 0.1) is 17.8 Å². The van der Waals surface area contributed by atoms with Crippen molar-refractivity contribution in [3.05, 3.63) is 0 Å². The quantitative estimate of drug-likeness (QED) is 0.628. The Morgan fingerprint density at radius 3 is 2.48 bits per heavy atom. The van der Waals surface area contributed by atoms with Crippen molar-refractivity contribution < 1.29 is 14.7 Å². The Bertz CT molecular complexity index is 344. The van der Waals surface area contributed by atoms with E-state index in [4.69, 9.17) is 5.73 Å². The highest BCUT2D eigenvalue weighted by molar-refractivity contribution is 5.78. The fourth-order valence-corrected chi connectivity index (χ4v) is 3.23. The van der Waals surface area contributed by atoms with E-state index in [-0.39, 0.29) is 17.9 Å². The van der Waals surface area contributed by atoms with Gasteiger partial charge in [-0.15, -0.1) is 0 Å². The lowest BCUT2D eigenvalue weighted by molar-refractivity contribution is -0.143. The van der Waals surface area contributed by atoms with Crippen LogP contribution >= 0.6 is 0 Å². The summed E-state index contributed by atoms with van der Waals surface area (Å²) in [5.41, 5.74) is 5.73. The predicted molar refractivity (Wildman–Crippen MR) is 82.8 cm³/mol. The molecule has 0 saturated heterocycles. The van der Waals surface area contributed by atoms with Crippen molar-refractivity contribution >= 4 is 11.9 Å². The molecule has 4 N–H and O–H groups in total. The zero-order valence-corrected chi connectivity index (χ0v) is 13.3. The number of rotatable bonds is 7. The average Bonchev–Trinajstić information content (AvgIpc) is 2.62. The monoisotopic (exact) mass is 298 g/mol. The molecule has 0 aromatic rings. The number of carboxylic acids is 1. The molecular formula is C16H30N2O3. The van der Waals surface area contributed by atoms with Crippen molar-refractivity contribution in [3.8, 4) is 0 Å². The van der Waals surface area contributed by atoms with Crippen LogP contribution < -0.4 is 11.1 Å². The van der Waals surface area contributed by atoms with Crippen molar-refractivity contribution in [2.45, 2.75) is 64.8 Å². The maximum absolute atomic E-state index is 12.2. The number of amides is 1. The molecule has 5 nitrogen and oxygen atoms in total. The second kappa shape index (κ2) is 9.03. The number of hydrogen-bond acceptors (Lipinski definition) is 3. The van der Waals surface area contributed by atoms with Crippen LogP contribution in [0.2, 0.25) is 0 Å². The predicted octanol–water partition coefficient (Wildman–Crippen LogP) is 2.15. The summed E-state index contributed by atoms with van der Waals surface area (Å²) in [4.78, 5) is 23.5. The van der Waals surface area contributed by atoms with Gasteiger partial charge in [0.05, 0.1) is 5.92 Å². The lowest BCUT2D eigenvalue weighted by Gasteiger charge is -2.24. The molecule has 0 spiro atoms. The third kappa shape index (κ3) is 6.46. The second-order valence-corrected chi connectivity index (χ2v) is 6.69. The van der Waals surface area contributed by atoms with Gasteiger partial charge in [0.15, 0.2) is 0 Å². The highest BCUT2D eigenvalue weighted by Gasteiger charge is 2.30. The second-order valence-electron chi connectivity index (χ2n) is 6.69. The highest BCUT2D eigenvalue weighted by atomic mass is 16.4. The van der Waals surface area contributed by atoms with Crippen LogP contribution in [-0.4, -0.2) is 29.6 Å². The van der Waals surface area contributed by atoms with E-state index in [9.17, 15) is 14.7 Å². The minimum Gasteiger partial charge on any atom is -0.481 e. The van der Waals surface area contributed by atoms with Gasteiger partial charge in [0.1, 0.15) is 0 Å². The Balaban J connectivity index is 2.55. The molecule has 1 amide bonds. The van der Waals surface area contributed by atoms with Crippen LogP contribution in [0.1, 0.15) is 58.8 Å². The first-order chi connectivity index (χ1) is 9.93. The lowest BCUT2D eigenvalue weighted by Crippen LogP contribution is -2.43. The zero-order chi connectivity index (χ0) is 15.8. The number of nitrogens with two attached hydrogens (primary N) is 1. The molecule has 0 aromatic heterocycles. The molecule has 21 heavy (non-hydrogen) atoms. The number of hydrogen-bond donors (Lipinski definition) is 3. The Hall–Kier alpha value is -1.10. The molecular weight excluding hydrogens is 268 g/mol. The molecule has 1 aliphatic rings. The molecule has 0 aromatic carbocycles. The fourth-order valence-electron chi connectivity index (χ4n) is 3.23. The van der Waals surface area contributed by atoms with E-state index in [1.54, 1.807) is 0 Å². The minimum absolute atomic E-state index is 0.0516. The Morgan fingerprint density at radius 2 is 1.90 bits per heavy atom. The van der Waals surface area contributed by atoms with Crippen LogP contribution in [0.3, 0.4) is 0 Å². The maximum atomic E-state index is 12.2. The van der Waals surface area contributed by atoms with E-state index in [0.717, 1.165) is 32.1 Å². The first-order valence-corrected chi connectivity index (χ1v) is 8.16. The summed E-state index contributed by atoms with van der Waals surface area (Å²) in [5, 5.41) is 12.3. The van der Waals surface area contributed by atoms with Crippen molar-refractivity contribution in [2.75, 3.05) is 6.54 Å². The van der Waals surface area contributed by atoms with Gasteiger partial charge in [-0.05, 0) is 37.6 Å². The number of nitrogens with one attached hydrogen (secondary N) is 1. The van der Waals surface area contributed by atoms with Gasteiger partial charge in [0.25, 0.3) is 0 Å². The summed E-state index contributed by atoms with van der Waals surface area (Å²) >= 11 is 0. The molecule has 122 valence electrons. The zero-order valence-electron chi connectivity index (χ0n) is 13.3. The lowest BCUT2D eigenvalue weighted by atomic mass is 9.92. The molecule has 3 atom stereocenters. The minimum atomic E-state index is -0.792. The van der Waals surface area contributed by atoms with Gasteiger partial charge in [0, 0.05) is 12.5 Å². The van der Waals surface area contributed by atoms with Gasteiger partial charge in [-0.25, -0.2) is 0 Å². The third-order valence-electron chi connectivity index (χ3n) is 4.29. The first-order valence-electron chi connectivity index (χ1n) is 8.16. The maximum Gasteiger partial charge on any atom is 0.308 e. The number of aliphatic carboxylic acids is 1. The van der Waals surface area contributed by atoms with Crippen LogP contribution in [0.15, 0.2) is 0 Å². The molecule has 0 aliphatic heterocycles. The van der Waals surface area contributed by atoms with Crippen molar-refractivity contribution in [3.63, 3.8) is 0 Å². The Labute approximate surface area is 127 Å². The van der Waals surface area contributed by atoms with E-state index >= 15 is 0 Å². The number of carbonyl (C=O) groups is 2. The van der Waals surface area contributed by atoms with Gasteiger partial charge in [-0.2, -0.15) is 0 Å². The molecule has 0 heterocycles. The van der Waals surface area contributed by atoms with Gasteiger partial charge >= 0.3 is 5.97 Å². The van der Waals surface area contributed by atoms with Crippen LogP contribution in [0.5, 0.6) is 0 Å². The molecule has 1 saturated carbocycles. The molecule has 0 radical (unpaired) electrons. The van der Waals surface area contributed by atoms with Crippen LogP contribution in [0.4, 0.5) is 0 Å². The smallest absolute Gasteiger partial charge is 0.308 e. The molecule has 1 fully saturated rings. The Morgan fingerprint density at radius 1 is 1.24 bits per heavy atom. The molecule has 1 rings (SSSR count). The molecule has 1 aliphatic carbocycles. The number of carbonyl (C=O) groups excluding carboxylic acids is 1. The molecule has 2 unspecified atom stereocenters. The first kappa shape index (κ1) is 18.0. The van der Waals surface area contributed by atoms with E-state index in [1.807, 2.05) is 0 Å². The van der Waals surface area contributed by atoms with E-state index in [2.05, 4.69) is 19.2 Å². The SMILES string of the molecule is CC(C)C[C@H](CN)CC(=O)NC1CCCCCC1C(=O)O. The van der Waals surface area contributed by atoms with Gasteiger partial charge in [-0.1, -0.05) is 33.1 Å². The van der Waals surface area contributed by atoms with E-state index < -0.39 is 11.9 Å².